The highest BCUT2D eigenvalue weighted by Crippen LogP contribution is 2.19. The number of hydrogen-bond acceptors (Lipinski definition) is 4. The first kappa shape index (κ1) is 14.7. The van der Waals surface area contributed by atoms with Gasteiger partial charge in [0.1, 0.15) is 5.82 Å². The molecule has 0 bridgehead atoms. The fraction of sp³-hybridized carbons (Fsp3) is 0.667. The topological polar surface area (TPSA) is 28.2 Å². The summed E-state index contributed by atoms with van der Waals surface area (Å²) >= 11 is 2.03. The van der Waals surface area contributed by atoms with Crippen molar-refractivity contribution in [3.63, 3.8) is 0 Å². The van der Waals surface area contributed by atoms with Crippen molar-refractivity contribution in [2.75, 3.05) is 36.0 Å². The van der Waals surface area contributed by atoms with Crippen LogP contribution in [0, 0.1) is 12.8 Å². The monoisotopic (exact) mass is 279 g/mol. The fourth-order valence-corrected chi connectivity index (χ4v) is 3.13. The smallest absolute Gasteiger partial charge is 0.128 e. The first-order valence-electron chi connectivity index (χ1n) is 7.16. The lowest BCUT2D eigenvalue weighted by Crippen LogP contribution is -2.33. The van der Waals surface area contributed by atoms with Gasteiger partial charge in [-0.05, 0) is 31.0 Å². The number of hydrogen-bond donors (Lipinski definition) is 1. The summed E-state index contributed by atoms with van der Waals surface area (Å²) in [6, 6.07) is 4.40. The molecule has 19 heavy (non-hydrogen) atoms. The molecule has 0 spiro atoms. The quantitative estimate of drug-likeness (QED) is 0.897. The van der Waals surface area contributed by atoms with E-state index in [1.807, 2.05) is 11.8 Å². The average Bonchev–Trinajstić information content (AvgIpc) is 2.41. The zero-order chi connectivity index (χ0) is 13.7. The van der Waals surface area contributed by atoms with Gasteiger partial charge in [0.25, 0.3) is 0 Å². The van der Waals surface area contributed by atoms with Crippen LogP contribution in [0.3, 0.4) is 0 Å². The van der Waals surface area contributed by atoms with Gasteiger partial charge in [-0.15, -0.1) is 0 Å². The maximum absolute atomic E-state index is 4.77. The van der Waals surface area contributed by atoms with Gasteiger partial charge in [0.05, 0.1) is 0 Å². The molecule has 1 aliphatic rings. The van der Waals surface area contributed by atoms with Crippen molar-refractivity contribution in [3.8, 4) is 0 Å². The minimum absolute atomic E-state index is 0.693. The molecule has 1 saturated heterocycles. The summed E-state index contributed by atoms with van der Waals surface area (Å²) in [5.74, 6) is 4.28. The molecule has 2 heterocycles. The fourth-order valence-electron chi connectivity index (χ4n) is 2.23. The predicted octanol–water partition coefficient (Wildman–Crippen LogP) is 2.69. The number of pyridine rings is 1. The first-order valence-corrected chi connectivity index (χ1v) is 8.32. The Labute approximate surface area is 121 Å². The van der Waals surface area contributed by atoms with Crippen LogP contribution in [0.5, 0.6) is 0 Å². The molecule has 0 unspecified atom stereocenters. The lowest BCUT2D eigenvalue weighted by atomic mass is 10.2. The second-order valence-electron chi connectivity index (χ2n) is 5.54. The minimum Gasteiger partial charge on any atom is -0.355 e. The number of rotatable bonds is 5. The van der Waals surface area contributed by atoms with Crippen molar-refractivity contribution in [1.82, 2.24) is 10.3 Å². The standard InChI is InChI=1S/C15H25N3S/c1-12(2)10-16-11-14-4-5-15(17-13(14)3)18-6-8-19-9-7-18/h4-5,12,16H,6-11H2,1-3H3. The van der Waals surface area contributed by atoms with Gasteiger partial charge in [0.15, 0.2) is 0 Å². The van der Waals surface area contributed by atoms with Gasteiger partial charge < -0.3 is 10.2 Å². The molecule has 106 valence electrons. The van der Waals surface area contributed by atoms with Crippen LogP contribution in [-0.4, -0.2) is 36.1 Å². The van der Waals surface area contributed by atoms with E-state index >= 15 is 0 Å². The average molecular weight is 279 g/mol. The SMILES string of the molecule is Cc1nc(N2CCSCC2)ccc1CNCC(C)C. The molecule has 1 aromatic rings. The van der Waals surface area contributed by atoms with Gasteiger partial charge in [-0.25, -0.2) is 4.98 Å². The first-order chi connectivity index (χ1) is 9.16. The molecule has 0 radical (unpaired) electrons. The van der Waals surface area contributed by atoms with Crippen LogP contribution in [0.25, 0.3) is 0 Å². The second kappa shape index (κ2) is 7.15. The van der Waals surface area contributed by atoms with Crippen molar-refractivity contribution in [3.05, 3.63) is 23.4 Å². The maximum Gasteiger partial charge on any atom is 0.128 e. The van der Waals surface area contributed by atoms with Gasteiger partial charge in [0, 0.05) is 36.8 Å². The molecule has 3 nitrogen and oxygen atoms in total. The van der Waals surface area contributed by atoms with Crippen LogP contribution in [0.4, 0.5) is 5.82 Å². The molecule has 4 heteroatoms. The lowest BCUT2D eigenvalue weighted by molar-refractivity contribution is 0.551. The Morgan fingerprint density at radius 3 is 2.68 bits per heavy atom. The third-order valence-corrected chi connectivity index (χ3v) is 4.33. The molecule has 0 aromatic carbocycles. The molecular formula is C15H25N3S. The minimum atomic E-state index is 0.693. The Hall–Kier alpha value is -0.740. The highest BCUT2D eigenvalue weighted by molar-refractivity contribution is 7.99. The number of aromatic nitrogens is 1. The Morgan fingerprint density at radius 2 is 2.05 bits per heavy atom. The molecule has 0 amide bonds. The Balaban J connectivity index is 1.96. The van der Waals surface area contributed by atoms with Crippen LogP contribution in [-0.2, 0) is 6.54 Å². The van der Waals surface area contributed by atoms with Crippen LogP contribution < -0.4 is 10.2 Å². The highest BCUT2D eigenvalue weighted by Gasteiger charge is 2.13. The number of thioether (sulfide) groups is 1. The van der Waals surface area contributed by atoms with E-state index in [1.54, 1.807) is 0 Å². The molecule has 1 aliphatic heterocycles. The largest absolute Gasteiger partial charge is 0.355 e. The van der Waals surface area contributed by atoms with Gasteiger partial charge in [-0.3, -0.25) is 0 Å². The lowest BCUT2D eigenvalue weighted by Gasteiger charge is -2.28. The van der Waals surface area contributed by atoms with E-state index < -0.39 is 0 Å². The number of anilines is 1. The Bertz CT molecular complexity index is 400. The van der Waals surface area contributed by atoms with Crippen molar-refractivity contribution in [1.29, 1.82) is 0 Å². The highest BCUT2D eigenvalue weighted by atomic mass is 32.2. The summed E-state index contributed by atoms with van der Waals surface area (Å²) in [6.07, 6.45) is 0. The number of aryl methyl sites for hydroxylation is 1. The number of nitrogens with zero attached hydrogens (tertiary/aromatic N) is 2. The van der Waals surface area contributed by atoms with E-state index in [2.05, 4.69) is 43.1 Å². The van der Waals surface area contributed by atoms with Crippen molar-refractivity contribution < 1.29 is 0 Å². The van der Waals surface area contributed by atoms with E-state index in [0.29, 0.717) is 5.92 Å². The van der Waals surface area contributed by atoms with E-state index in [1.165, 1.54) is 17.1 Å². The zero-order valence-corrected chi connectivity index (χ0v) is 13.1. The molecule has 0 aliphatic carbocycles. The second-order valence-corrected chi connectivity index (χ2v) is 6.76. The summed E-state index contributed by atoms with van der Waals surface area (Å²) in [5.41, 5.74) is 2.47. The predicted molar refractivity (Wildman–Crippen MR) is 85.1 cm³/mol. The van der Waals surface area contributed by atoms with Crippen molar-refractivity contribution in [2.24, 2.45) is 5.92 Å². The third-order valence-electron chi connectivity index (χ3n) is 3.38. The molecule has 1 N–H and O–H groups in total. The summed E-state index contributed by atoms with van der Waals surface area (Å²) < 4.78 is 0. The van der Waals surface area contributed by atoms with Gasteiger partial charge >= 0.3 is 0 Å². The van der Waals surface area contributed by atoms with E-state index in [4.69, 9.17) is 4.98 Å². The molecule has 0 atom stereocenters. The van der Waals surface area contributed by atoms with Crippen LogP contribution in [0.15, 0.2) is 12.1 Å². The van der Waals surface area contributed by atoms with Crippen LogP contribution in [0.1, 0.15) is 25.1 Å². The molecular weight excluding hydrogens is 254 g/mol. The normalized spacial score (nSPS) is 16.1. The van der Waals surface area contributed by atoms with Gasteiger partial charge in [-0.1, -0.05) is 19.9 Å². The third kappa shape index (κ3) is 4.39. The summed E-state index contributed by atoms with van der Waals surface area (Å²) in [6.45, 7) is 10.8. The molecule has 0 saturated carbocycles. The summed E-state index contributed by atoms with van der Waals surface area (Å²) in [7, 11) is 0. The van der Waals surface area contributed by atoms with Gasteiger partial charge in [-0.2, -0.15) is 11.8 Å². The van der Waals surface area contributed by atoms with Gasteiger partial charge in [0.2, 0.25) is 0 Å². The van der Waals surface area contributed by atoms with E-state index in [-0.39, 0.29) is 0 Å². The van der Waals surface area contributed by atoms with E-state index in [0.717, 1.165) is 37.7 Å². The van der Waals surface area contributed by atoms with Crippen molar-refractivity contribution in [2.45, 2.75) is 27.3 Å². The van der Waals surface area contributed by atoms with Crippen LogP contribution in [0.2, 0.25) is 0 Å². The van der Waals surface area contributed by atoms with Crippen LogP contribution >= 0.6 is 11.8 Å². The van der Waals surface area contributed by atoms with E-state index in [9.17, 15) is 0 Å². The Morgan fingerprint density at radius 1 is 1.32 bits per heavy atom. The zero-order valence-electron chi connectivity index (χ0n) is 12.3. The molecule has 2 rings (SSSR count). The number of nitrogens with one attached hydrogen (secondary N) is 1. The Kier molecular flexibility index (Phi) is 5.52. The molecule has 1 aromatic heterocycles. The van der Waals surface area contributed by atoms with Crippen molar-refractivity contribution >= 4 is 17.6 Å². The maximum atomic E-state index is 4.77. The molecule has 1 fully saturated rings. The summed E-state index contributed by atoms with van der Waals surface area (Å²) in [4.78, 5) is 7.17. The summed E-state index contributed by atoms with van der Waals surface area (Å²) in [5, 5.41) is 3.48.